The van der Waals surface area contributed by atoms with Gasteiger partial charge in [0.1, 0.15) is 6.07 Å². The minimum Gasteiger partial charge on any atom is -0.365 e. The maximum atomic E-state index is 5.36. The topological polar surface area (TPSA) is 37.9 Å². The van der Waals surface area contributed by atoms with Crippen molar-refractivity contribution in [2.24, 2.45) is 0 Å². The van der Waals surface area contributed by atoms with Crippen LogP contribution in [0.25, 0.3) is 0 Å². The molecule has 18 heavy (non-hydrogen) atoms. The van der Waals surface area contributed by atoms with Crippen LogP contribution in [0.3, 0.4) is 0 Å². The number of nitrogens with zero attached hydrogens (tertiary/aromatic N) is 1. The number of halogens is 1. The van der Waals surface area contributed by atoms with E-state index in [0.717, 1.165) is 12.5 Å². The van der Waals surface area contributed by atoms with Crippen molar-refractivity contribution in [1.82, 2.24) is 9.97 Å². The lowest BCUT2D eigenvalue weighted by Gasteiger charge is -2.28. The molecule has 0 bridgehead atoms. The third-order valence-electron chi connectivity index (χ3n) is 3.18. The highest BCUT2D eigenvalue weighted by Gasteiger charge is 2.24. The van der Waals surface area contributed by atoms with E-state index in [0.29, 0.717) is 6.07 Å². The highest BCUT2D eigenvalue weighted by atomic mass is 35.5. The molecule has 106 valence electrons. The summed E-state index contributed by atoms with van der Waals surface area (Å²) in [6.07, 6.45) is 11.0. The van der Waals surface area contributed by atoms with Gasteiger partial charge in [-0.3, -0.25) is 0 Å². The normalized spacial score (nSPS) is 16.0. The zero-order chi connectivity index (χ0) is 13.4. The van der Waals surface area contributed by atoms with Crippen LogP contribution in [0.4, 0.5) is 0 Å². The van der Waals surface area contributed by atoms with Crippen molar-refractivity contribution in [3.05, 3.63) is 18.2 Å². The molecule has 1 aliphatic carbocycles. The van der Waals surface area contributed by atoms with Crippen molar-refractivity contribution >= 4 is 21.6 Å². The number of hydrogen-bond acceptors (Lipinski definition) is 2. The molecule has 0 unspecified atom stereocenters. The number of hydrogen-bond donors (Lipinski definition) is 1. The first-order valence-electron chi connectivity index (χ1n) is 6.39. The average molecular weight is 293 g/mol. The van der Waals surface area contributed by atoms with Crippen molar-refractivity contribution in [3.8, 4) is 0 Å². The molecule has 0 aromatic carbocycles. The molecule has 0 aliphatic heterocycles. The summed E-state index contributed by atoms with van der Waals surface area (Å²) in [6.45, 7) is 3.05. The van der Waals surface area contributed by atoms with E-state index in [9.17, 15) is 0 Å². The molecule has 0 radical (unpaired) electrons. The number of aromatic amines is 1. The first kappa shape index (κ1) is 15.9. The van der Waals surface area contributed by atoms with E-state index in [1.807, 2.05) is 6.20 Å². The van der Waals surface area contributed by atoms with Gasteiger partial charge in [-0.05, 0) is 31.1 Å². The Labute approximate surface area is 117 Å². The predicted molar refractivity (Wildman–Crippen MR) is 82.1 cm³/mol. The van der Waals surface area contributed by atoms with Crippen LogP contribution in [0.15, 0.2) is 12.5 Å². The highest BCUT2D eigenvalue weighted by molar-refractivity contribution is 8.32. The SMILES string of the molecule is CCS(C)(C)CCOCCl.c1ncc(C2CC2)[nH]1. The maximum absolute atomic E-state index is 5.36. The van der Waals surface area contributed by atoms with Crippen LogP contribution in [-0.2, 0) is 4.74 Å². The summed E-state index contributed by atoms with van der Waals surface area (Å²) in [7, 11) is -0.375. The van der Waals surface area contributed by atoms with E-state index < -0.39 is 0 Å². The van der Waals surface area contributed by atoms with Gasteiger partial charge in [0.05, 0.1) is 12.9 Å². The average Bonchev–Trinajstić information content (AvgIpc) is 3.06. The van der Waals surface area contributed by atoms with Crippen molar-refractivity contribution in [3.63, 3.8) is 0 Å². The van der Waals surface area contributed by atoms with Crippen LogP contribution >= 0.6 is 21.6 Å². The number of nitrogens with one attached hydrogen (secondary N) is 1. The van der Waals surface area contributed by atoms with Crippen LogP contribution in [0, 0.1) is 0 Å². The summed E-state index contributed by atoms with van der Waals surface area (Å²) in [5, 5.41) is 0. The molecule has 5 heteroatoms. The third kappa shape index (κ3) is 6.66. The Hall–Kier alpha value is -0.190. The lowest BCUT2D eigenvalue weighted by atomic mass is 10.3. The summed E-state index contributed by atoms with van der Waals surface area (Å²) in [4.78, 5) is 7.02. The molecule has 0 spiro atoms. The van der Waals surface area contributed by atoms with Gasteiger partial charge in [-0.15, -0.1) is 0 Å². The molecule has 1 fully saturated rings. The van der Waals surface area contributed by atoms with E-state index in [4.69, 9.17) is 16.3 Å². The summed E-state index contributed by atoms with van der Waals surface area (Å²) in [5.41, 5.74) is 1.31. The number of ether oxygens (including phenoxy) is 1. The maximum Gasteiger partial charge on any atom is 0.120 e. The molecule has 1 aromatic heterocycles. The van der Waals surface area contributed by atoms with Gasteiger partial charge in [0.2, 0.25) is 0 Å². The summed E-state index contributed by atoms with van der Waals surface area (Å²) >= 11 is 5.36. The summed E-state index contributed by atoms with van der Waals surface area (Å²) < 4.78 is 5.06. The zero-order valence-electron chi connectivity index (χ0n) is 11.6. The fourth-order valence-electron chi connectivity index (χ4n) is 1.37. The van der Waals surface area contributed by atoms with Crippen LogP contribution in [-0.4, -0.2) is 46.7 Å². The van der Waals surface area contributed by atoms with Crippen LogP contribution in [0.2, 0.25) is 0 Å². The number of imidazole rings is 1. The molecule has 1 saturated carbocycles. The van der Waals surface area contributed by atoms with Crippen molar-refractivity contribution in [2.45, 2.75) is 25.7 Å². The molecule has 2 rings (SSSR count). The lowest BCUT2D eigenvalue weighted by Crippen LogP contribution is -2.09. The first-order chi connectivity index (χ1) is 8.59. The van der Waals surface area contributed by atoms with Gasteiger partial charge in [0.15, 0.2) is 0 Å². The van der Waals surface area contributed by atoms with E-state index >= 15 is 0 Å². The van der Waals surface area contributed by atoms with E-state index in [1.165, 1.54) is 30.0 Å². The molecule has 3 nitrogen and oxygen atoms in total. The molecule has 1 aromatic rings. The molecule has 1 heterocycles. The van der Waals surface area contributed by atoms with Crippen molar-refractivity contribution < 1.29 is 4.74 Å². The molecule has 0 saturated heterocycles. The van der Waals surface area contributed by atoms with Gasteiger partial charge in [-0.2, -0.15) is 0 Å². The monoisotopic (exact) mass is 292 g/mol. The highest BCUT2D eigenvalue weighted by Crippen LogP contribution is 2.38. The number of H-pyrrole nitrogens is 1. The number of alkyl halides is 1. The molecule has 0 amide bonds. The van der Waals surface area contributed by atoms with Gasteiger partial charge in [0, 0.05) is 23.6 Å². The minimum absolute atomic E-state index is 0.333. The Bertz CT molecular complexity index is 313. The van der Waals surface area contributed by atoms with Gasteiger partial charge in [0.25, 0.3) is 0 Å². The molecular weight excluding hydrogens is 268 g/mol. The van der Waals surface area contributed by atoms with E-state index in [2.05, 4.69) is 29.4 Å². The van der Waals surface area contributed by atoms with Crippen molar-refractivity contribution in [1.29, 1.82) is 0 Å². The Morgan fingerprint density at radius 2 is 2.22 bits per heavy atom. The molecule has 0 atom stereocenters. The quantitative estimate of drug-likeness (QED) is 0.643. The van der Waals surface area contributed by atoms with Crippen LogP contribution in [0.1, 0.15) is 31.4 Å². The third-order valence-corrected chi connectivity index (χ3v) is 6.16. The second kappa shape index (κ2) is 8.08. The van der Waals surface area contributed by atoms with Crippen LogP contribution in [0.5, 0.6) is 0 Å². The second-order valence-corrected chi connectivity index (χ2v) is 9.80. The Kier molecular flexibility index (Phi) is 7.12. The fourth-order valence-corrected chi connectivity index (χ4v) is 2.33. The lowest BCUT2D eigenvalue weighted by molar-refractivity contribution is 0.198. The Balaban J connectivity index is 0.000000182. The largest absolute Gasteiger partial charge is 0.365 e. The first-order valence-corrected chi connectivity index (χ1v) is 9.72. The minimum atomic E-state index is -0.375. The summed E-state index contributed by atoms with van der Waals surface area (Å²) in [6, 6.07) is 0.333. The van der Waals surface area contributed by atoms with Gasteiger partial charge in [-0.25, -0.2) is 15.0 Å². The molecule has 1 aliphatic rings. The Morgan fingerprint density at radius 3 is 2.67 bits per heavy atom. The van der Waals surface area contributed by atoms with Crippen molar-refractivity contribution in [2.75, 3.05) is 36.7 Å². The Morgan fingerprint density at radius 1 is 1.50 bits per heavy atom. The zero-order valence-corrected chi connectivity index (χ0v) is 13.2. The second-order valence-electron chi connectivity index (χ2n) is 5.06. The summed E-state index contributed by atoms with van der Waals surface area (Å²) in [5.74, 6) is 3.27. The molecular formula is C13H25ClN2OS. The molecule has 1 N–H and O–H groups in total. The van der Waals surface area contributed by atoms with Crippen LogP contribution < -0.4 is 0 Å². The van der Waals surface area contributed by atoms with Gasteiger partial charge < -0.3 is 9.72 Å². The smallest absolute Gasteiger partial charge is 0.120 e. The van der Waals surface area contributed by atoms with E-state index in [1.54, 1.807) is 6.33 Å². The van der Waals surface area contributed by atoms with E-state index in [-0.39, 0.29) is 10.0 Å². The number of aromatic nitrogens is 2. The van der Waals surface area contributed by atoms with Gasteiger partial charge >= 0.3 is 0 Å². The number of rotatable bonds is 6. The van der Waals surface area contributed by atoms with Gasteiger partial charge in [-0.1, -0.05) is 18.5 Å². The standard InChI is InChI=1S/C7H17ClOS.C6H8N2/c1-4-10(2,3)6-5-9-7-8;1-2-5(1)6-3-7-4-8-6/h4-7H2,1-3H3;3-5H,1-2H2,(H,7,8). The predicted octanol–water partition coefficient (Wildman–Crippen LogP) is 3.57. The fraction of sp³-hybridized carbons (Fsp3) is 0.769.